The molecule has 1 N–H and O–H groups in total. The van der Waals surface area contributed by atoms with Gasteiger partial charge in [-0.05, 0) is 39.7 Å². The molecular formula is C12H26N2. The van der Waals surface area contributed by atoms with Crippen molar-refractivity contribution in [1.82, 2.24) is 10.2 Å². The summed E-state index contributed by atoms with van der Waals surface area (Å²) in [7, 11) is 0. The molecule has 0 spiro atoms. The molecule has 0 aromatic rings. The minimum Gasteiger partial charge on any atom is -0.315 e. The predicted octanol–water partition coefficient (Wildman–Crippen LogP) is 2.10. The molecule has 2 heteroatoms. The van der Waals surface area contributed by atoms with E-state index in [0.29, 0.717) is 11.6 Å². The van der Waals surface area contributed by atoms with Crippen molar-refractivity contribution in [3.63, 3.8) is 0 Å². The Kier molecular flexibility index (Phi) is 3.96. The summed E-state index contributed by atoms with van der Waals surface area (Å²) >= 11 is 0. The van der Waals surface area contributed by atoms with Gasteiger partial charge in [0.15, 0.2) is 0 Å². The molecule has 0 aromatic carbocycles. The first kappa shape index (κ1) is 12.0. The molecule has 1 saturated heterocycles. The van der Waals surface area contributed by atoms with Gasteiger partial charge in [0, 0.05) is 24.7 Å². The fourth-order valence-corrected chi connectivity index (χ4v) is 2.38. The van der Waals surface area contributed by atoms with Gasteiger partial charge in [0.1, 0.15) is 0 Å². The maximum atomic E-state index is 3.51. The van der Waals surface area contributed by atoms with E-state index in [0.717, 1.165) is 19.0 Å². The first-order chi connectivity index (χ1) is 6.43. The first-order valence-corrected chi connectivity index (χ1v) is 5.91. The van der Waals surface area contributed by atoms with E-state index in [-0.39, 0.29) is 0 Å². The molecule has 0 aromatic heterocycles. The van der Waals surface area contributed by atoms with Gasteiger partial charge in [-0.15, -0.1) is 0 Å². The van der Waals surface area contributed by atoms with E-state index in [9.17, 15) is 0 Å². The lowest BCUT2D eigenvalue weighted by Crippen LogP contribution is -2.50. The Bertz CT molecular complexity index is 175. The molecule has 0 aliphatic carbocycles. The van der Waals surface area contributed by atoms with Gasteiger partial charge in [0.2, 0.25) is 0 Å². The number of nitrogens with one attached hydrogen (secondary N) is 1. The summed E-state index contributed by atoms with van der Waals surface area (Å²) in [4.78, 5) is 2.66. The highest BCUT2D eigenvalue weighted by Gasteiger charge is 2.32. The summed E-state index contributed by atoms with van der Waals surface area (Å²) < 4.78 is 0. The molecule has 0 saturated carbocycles. The Morgan fingerprint density at radius 1 is 1.43 bits per heavy atom. The zero-order valence-electron chi connectivity index (χ0n) is 10.4. The number of rotatable bonds is 2. The second-order valence-corrected chi connectivity index (χ2v) is 5.66. The number of hydrogen-bond donors (Lipinski definition) is 1. The third-order valence-corrected chi connectivity index (χ3v) is 3.22. The molecule has 0 bridgehead atoms. The van der Waals surface area contributed by atoms with Crippen molar-refractivity contribution in [2.75, 3.05) is 19.6 Å². The third-order valence-electron chi connectivity index (χ3n) is 3.22. The second-order valence-electron chi connectivity index (χ2n) is 5.66. The Hall–Kier alpha value is -0.0800. The van der Waals surface area contributed by atoms with Crippen molar-refractivity contribution in [2.45, 2.75) is 52.6 Å². The summed E-state index contributed by atoms with van der Waals surface area (Å²) in [6.07, 6.45) is 1.25. The SMILES string of the molecule is CC(C)CN1C(C)CNCCC1(C)C. The molecule has 1 rings (SSSR count). The van der Waals surface area contributed by atoms with Crippen LogP contribution in [0, 0.1) is 5.92 Å². The van der Waals surface area contributed by atoms with Crippen LogP contribution in [0.5, 0.6) is 0 Å². The lowest BCUT2D eigenvalue weighted by molar-refractivity contribution is 0.0723. The zero-order valence-corrected chi connectivity index (χ0v) is 10.4. The molecule has 1 heterocycles. The molecule has 1 aliphatic rings. The van der Waals surface area contributed by atoms with Crippen LogP contribution >= 0.6 is 0 Å². The average Bonchev–Trinajstić information content (AvgIpc) is 2.16. The maximum absolute atomic E-state index is 3.51. The highest BCUT2D eigenvalue weighted by Crippen LogP contribution is 2.24. The minimum absolute atomic E-state index is 0.354. The molecule has 2 nitrogen and oxygen atoms in total. The molecule has 84 valence electrons. The maximum Gasteiger partial charge on any atom is 0.0197 e. The van der Waals surface area contributed by atoms with Crippen LogP contribution in [0.15, 0.2) is 0 Å². The Balaban J connectivity index is 2.70. The summed E-state index contributed by atoms with van der Waals surface area (Å²) in [5.41, 5.74) is 0.354. The smallest absolute Gasteiger partial charge is 0.0197 e. The van der Waals surface area contributed by atoms with Gasteiger partial charge in [-0.2, -0.15) is 0 Å². The summed E-state index contributed by atoms with van der Waals surface area (Å²) in [5.74, 6) is 0.759. The van der Waals surface area contributed by atoms with Crippen LogP contribution in [-0.4, -0.2) is 36.1 Å². The van der Waals surface area contributed by atoms with Gasteiger partial charge in [0.25, 0.3) is 0 Å². The van der Waals surface area contributed by atoms with E-state index in [1.165, 1.54) is 13.0 Å². The average molecular weight is 198 g/mol. The van der Waals surface area contributed by atoms with Crippen LogP contribution in [0.3, 0.4) is 0 Å². The molecule has 14 heavy (non-hydrogen) atoms. The standard InChI is InChI=1S/C12H26N2/c1-10(2)9-14-11(3)8-13-7-6-12(14,4)5/h10-11,13H,6-9H2,1-5H3. The van der Waals surface area contributed by atoms with Crippen LogP contribution in [0.2, 0.25) is 0 Å². The molecular weight excluding hydrogens is 172 g/mol. The van der Waals surface area contributed by atoms with Gasteiger partial charge < -0.3 is 5.32 Å². The van der Waals surface area contributed by atoms with E-state index in [1.807, 2.05) is 0 Å². The highest BCUT2D eigenvalue weighted by atomic mass is 15.2. The largest absolute Gasteiger partial charge is 0.315 e. The predicted molar refractivity (Wildman–Crippen MR) is 62.6 cm³/mol. The van der Waals surface area contributed by atoms with Crippen molar-refractivity contribution in [1.29, 1.82) is 0 Å². The second kappa shape index (κ2) is 4.63. The lowest BCUT2D eigenvalue weighted by atomic mass is 9.95. The Labute approximate surface area is 89.1 Å². The fraction of sp³-hybridized carbons (Fsp3) is 1.00. The molecule has 1 fully saturated rings. The Morgan fingerprint density at radius 2 is 2.07 bits per heavy atom. The molecule has 1 atom stereocenters. The van der Waals surface area contributed by atoms with Crippen LogP contribution in [0.4, 0.5) is 0 Å². The highest BCUT2D eigenvalue weighted by molar-refractivity contribution is 4.89. The summed E-state index contributed by atoms with van der Waals surface area (Å²) in [6, 6.07) is 0.662. The van der Waals surface area contributed by atoms with Crippen LogP contribution in [-0.2, 0) is 0 Å². The van der Waals surface area contributed by atoms with Gasteiger partial charge in [-0.3, -0.25) is 4.90 Å². The van der Waals surface area contributed by atoms with Gasteiger partial charge >= 0.3 is 0 Å². The summed E-state index contributed by atoms with van der Waals surface area (Å²) in [6.45, 7) is 15.2. The number of hydrogen-bond acceptors (Lipinski definition) is 2. The zero-order chi connectivity index (χ0) is 10.8. The third kappa shape index (κ3) is 2.96. The fourth-order valence-electron chi connectivity index (χ4n) is 2.38. The lowest BCUT2D eigenvalue weighted by Gasteiger charge is -2.41. The van der Waals surface area contributed by atoms with Crippen molar-refractivity contribution < 1.29 is 0 Å². The van der Waals surface area contributed by atoms with Gasteiger partial charge in [0.05, 0.1) is 0 Å². The Morgan fingerprint density at radius 3 is 2.64 bits per heavy atom. The minimum atomic E-state index is 0.354. The van der Waals surface area contributed by atoms with Crippen molar-refractivity contribution >= 4 is 0 Å². The van der Waals surface area contributed by atoms with Crippen LogP contribution in [0.25, 0.3) is 0 Å². The number of nitrogens with zero attached hydrogens (tertiary/aromatic N) is 1. The van der Waals surface area contributed by atoms with Crippen LogP contribution < -0.4 is 5.32 Å². The molecule has 1 unspecified atom stereocenters. The summed E-state index contributed by atoms with van der Waals surface area (Å²) in [5, 5.41) is 3.51. The monoisotopic (exact) mass is 198 g/mol. The quantitative estimate of drug-likeness (QED) is 0.731. The van der Waals surface area contributed by atoms with E-state index in [2.05, 4.69) is 44.8 Å². The van der Waals surface area contributed by atoms with Crippen molar-refractivity contribution in [3.05, 3.63) is 0 Å². The van der Waals surface area contributed by atoms with E-state index >= 15 is 0 Å². The molecule has 1 aliphatic heterocycles. The van der Waals surface area contributed by atoms with E-state index in [1.54, 1.807) is 0 Å². The normalized spacial score (nSPS) is 29.1. The molecule has 0 radical (unpaired) electrons. The van der Waals surface area contributed by atoms with E-state index < -0.39 is 0 Å². The van der Waals surface area contributed by atoms with E-state index in [4.69, 9.17) is 0 Å². The van der Waals surface area contributed by atoms with Crippen LogP contribution in [0.1, 0.15) is 41.0 Å². The van der Waals surface area contributed by atoms with Crippen molar-refractivity contribution in [2.24, 2.45) is 5.92 Å². The molecule has 0 amide bonds. The van der Waals surface area contributed by atoms with Gasteiger partial charge in [-0.25, -0.2) is 0 Å². The van der Waals surface area contributed by atoms with Crippen molar-refractivity contribution in [3.8, 4) is 0 Å². The topological polar surface area (TPSA) is 15.3 Å². The first-order valence-electron chi connectivity index (χ1n) is 5.91. The van der Waals surface area contributed by atoms with Gasteiger partial charge in [-0.1, -0.05) is 13.8 Å².